The molecule has 0 unspecified atom stereocenters. The van der Waals surface area contributed by atoms with Gasteiger partial charge in [0.25, 0.3) is 0 Å². The molecule has 1 N–H and O–H groups in total. The molecule has 2 nitrogen and oxygen atoms in total. The lowest BCUT2D eigenvalue weighted by molar-refractivity contribution is 0.466. The van der Waals surface area contributed by atoms with E-state index in [1.807, 2.05) is 42.5 Å². The van der Waals surface area contributed by atoms with Gasteiger partial charge in [0.1, 0.15) is 5.75 Å². The number of hydrogen-bond acceptors (Lipinski definition) is 2. The van der Waals surface area contributed by atoms with Crippen molar-refractivity contribution in [2.75, 3.05) is 0 Å². The van der Waals surface area contributed by atoms with Crippen LogP contribution in [0.4, 0.5) is 0 Å². The van der Waals surface area contributed by atoms with E-state index in [1.54, 1.807) is 18.3 Å². The van der Waals surface area contributed by atoms with Crippen molar-refractivity contribution in [3.8, 4) is 5.75 Å². The minimum atomic E-state index is 0.250. The Morgan fingerprint density at radius 1 is 1.06 bits per heavy atom. The van der Waals surface area contributed by atoms with Crippen molar-refractivity contribution in [1.82, 2.24) is 4.98 Å². The average molecular weight is 211 g/mol. The summed E-state index contributed by atoms with van der Waals surface area (Å²) in [6, 6.07) is 13.4. The Bertz CT molecular complexity index is 477. The van der Waals surface area contributed by atoms with E-state index >= 15 is 0 Å². The lowest BCUT2D eigenvalue weighted by Crippen LogP contribution is -1.86. The van der Waals surface area contributed by atoms with E-state index in [2.05, 4.69) is 4.98 Å². The molecular weight excluding hydrogens is 198 g/mol. The fourth-order valence-electron chi connectivity index (χ4n) is 1.46. The van der Waals surface area contributed by atoms with Crippen LogP contribution in [-0.2, 0) is 6.42 Å². The summed E-state index contributed by atoms with van der Waals surface area (Å²) in [6.45, 7) is 0. The van der Waals surface area contributed by atoms with E-state index in [-0.39, 0.29) is 5.75 Å². The molecule has 0 aliphatic carbocycles. The maximum absolute atomic E-state index is 9.51. The third-order valence-corrected chi connectivity index (χ3v) is 2.29. The molecule has 0 aliphatic heterocycles. The minimum Gasteiger partial charge on any atom is -0.506 e. The fraction of sp³-hybridized carbons (Fsp3) is 0.0714. The van der Waals surface area contributed by atoms with Crippen LogP contribution in [0.5, 0.6) is 5.75 Å². The topological polar surface area (TPSA) is 33.1 Å². The lowest BCUT2D eigenvalue weighted by atomic mass is 10.2. The second kappa shape index (κ2) is 5.12. The first kappa shape index (κ1) is 10.4. The third kappa shape index (κ3) is 2.70. The Balaban J connectivity index is 2.03. The van der Waals surface area contributed by atoms with Crippen LogP contribution in [0.1, 0.15) is 11.3 Å². The number of aromatic hydroxyl groups is 1. The second-order valence-corrected chi connectivity index (χ2v) is 3.49. The SMILES string of the molecule is Oc1cccnc1CC=Cc1ccccc1. The molecule has 0 amide bonds. The minimum absolute atomic E-state index is 0.250. The Labute approximate surface area is 94.9 Å². The molecule has 0 saturated heterocycles. The molecule has 16 heavy (non-hydrogen) atoms. The van der Waals surface area contributed by atoms with Crippen LogP contribution < -0.4 is 0 Å². The van der Waals surface area contributed by atoms with Gasteiger partial charge in [-0.1, -0.05) is 42.5 Å². The van der Waals surface area contributed by atoms with Crippen LogP contribution in [0.2, 0.25) is 0 Å². The summed E-state index contributed by atoms with van der Waals surface area (Å²) in [4.78, 5) is 4.11. The van der Waals surface area contributed by atoms with E-state index in [0.717, 1.165) is 5.56 Å². The molecule has 0 spiro atoms. The Hall–Kier alpha value is -2.09. The van der Waals surface area contributed by atoms with Gasteiger partial charge in [0, 0.05) is 12.6 Å². The summed E-state index contributed by atoms with van der Waals surface area (Å²) >= 11 is 0. The molecule has 0 aliphatic rings. The zero-order chi connectivity index (χ0) is 11.2. The second-order valence-electron chi connectivity index (χ2n) is 3.49. The van der Waals surface area contributed by atoms with Gasteiger partial charge >= 0.3 is 0 Å². The number of benzene rings is 1. The van der Waals surface area contributed by atoms with Gasteiger partial charge in [-0.25, -0.2) is 0 Å². The molecule has 1 heterocycles. The van der Waals surface area contributed by atoms with Crippen LogP contribution in [-0.4, -0.2) is 10.1 Å². The van der Waals surface area contributed by atoms with Crippen LogP contribution >= 0.6 is 0 Å². The number of aromatic nitrogens is 1. The summed E-state index contributed by atoms with van der Waals surface area (Å²) in [7, 11) is 0. The van der Waals surface area contributed by atoms with Gasteiger partial charge in [-0.15, -0.1) is 0 Å². The average Bonchev–Trinajstić information content (AvgIpc) is 2.33. The summed E-state index contributed by atoms with van der Waals surface area (Å²) in [5.74, 6) is 0.250. The maximum atomic E-state index is 9.51. The van der Waals surface area contributed by atoms with Gasteiger partial charge in [-0.2, -0.15) is 0 Å². The summed E-state index contributed by atoms with van der Waals surface area (Å²) in [5.41, 5.74) is 1.85. The highest BCUT2D eigenvalue weighted by molar-refractivity contribution is 5.49. The van der Waals surface area contributed by atoms with E-state index in [1.165, 1.54) is 0 Å². The molecular formula is C14H13NO. The quantitative estimate of drug-likeness (QED) is 0.846. The highest BCUT2D eigenvalue weighted by atomic mass is 16.3. The summed E-state index contributed by atoms with van der Waals surface area (Å²) in [6.07, 6.45) is 6.35. The Kier molecular flexibility index (Phi) is 3.34. The van der Waals surface area contributed by atoms with E-state index in [9.17, 15) is 5.11 Å². The molecule has 80 valence electrons. The number of rotatable bonds is 3. The zero-order valence-electron chi connectivity index (χ0n) is 8.88. The predicted molar refractivity (Wildman–Crippen MR) is 65.1 cm³/mol. The predicted octanol–water partition coefficient (Wildman–Crippen LogP) is 3.04. The molecule has 0 saturated carbocycles. The number of allylic oxidation sites excluding steroid dienone is 1. The van der Waals surface area contributed by atoms with Crippen molar-refractivity contribution < 1.29 is 5.11 Å². The summed E-state index contributed by atoms with van der Waals surface area (Å²) in [5, 5.41) is 9.51. The van der Waals surface area contributed by atoms with Crippen LogP contribution in [0.15, 0.2) is 54.7 Å². The van der Waals surface area contributed by atoms with Crippen molar-refractivity contribution in [2.45, 2.75) is 6.42 Å². The van der Waals surface area contributed by atoms with Gasteiger partial charge in [0.15, 0.2) is 0 Å². The molecule has 0 bridgehead atoms. The standard InChI is InChI=1S/C14H13NO/c16-14-10-5-11-15-13(14)9-4-8-12-6-2-1-3-7-12/h1-8,10-11,16H,9H2. The molecule has 0 atom stereocenters. The van der Waals surface area contributed by atoms with Gasteiger partial charge in [0.05, 0.1) is 5.69 Å². The van der Waals surface area contributed by atoms with Crippen molar-refractivity contribution in [2.24, 2.45) is 0 Å². The zero-order valence-corrected chi connectivity index (χ0v) is 8.88. The van der Waals surface area contributed by atoms with Gasteiger partial charge in [0.2, 0.25) is 0 Å². The van der Waals surface area contributed by atoms with Crippen molar-refractivity contribution >= 4 is 6.08 Å². The lowest BCUT2D eigenvalue weighted by Gasteiger charge is -1.98. The molecule has 0 radical (unpaired) electrons. The number of hydrogen-bond donors (Lipinski definition) is 1. The molecule has 2 heteroatoms. The van der Waals surface area contributed by atoms with Crippen molar-refractivity contribution in [3.63, 3.8) is 0 Å². The Morgan fingerprint density at radius 3 is 2.62 bits per heavy atom. The van der Waals surface area contributed by atoms with Gasteiger partial charge in [-0.05, 0) is 17.7 Å². The third-order valence-electron chi connectivity index (χ3n) is 2.29. The smallest absolute Gasteiger partial charge is 0.137 e. The van der Waals surface area contributed by atoms with Crippen molar-refractivity contribution in [1.29, 1.82) is 0 Å². The highest BCUT2D eigenvalue weighted by Gasteiger charge is 1.97. The van der Waals surface area contributed by atoms with Crippen LogP contribution in [0.3, 0.4) is 0 Å². The van der Waals surface area contributed by atoms with Crippen molar-refractivity contribution in [3.05, 3.63) is 66.0 Å². The van der Waals surface area contributed by atoms with E-state index in [0.29, 0.717) is 12.1 Å². The number of pyridine rings is 1. The Morgan fingerprint density at radius 2 is 1.88 bits per heavy atom. The fourth-order valence-corrected chi connectivity index (χ4v) is 1.46. The molecule has 2 aromatic rings. The maximum Gasteiger partial charge on any atom is 0.137 e. The van der Waals surface area contributed by atoms with E-state index < -0.39 is 0 Å². The van der Waals surface area contributed by atoms with Crippen LogP contribution in [0.25, 0.3) is 6.08 Å². The van der Waals surface area contributed by atoms with Crippen LogP contribution in [0, 0.1) is 0 Å². The number of nitrogens with zero attached hydrogens (tertiary/aromatic N) is 1. The van der Waals surface area contributed by atoms with E-state index in [4.69, 9.17) is 0 Å². The molecule has 2 rings (SSSR count). The monoisotopic (exact) mass is 211 g/mol. The first-order valence-corrected chi connectivity index (χ1v) is 5.21. The molecule has 0 fully saturated rings. The summed E-state index contributed by atoms with van der Waals surface area (Å²) < 4.78 is 0. The first-order chi connectivity index (χ1) is 7.86. The largest absolute Gasteiger partial charge is 0.506 e. The normalized spacial score (nSPS) is 10.8. The van der Waals surface area contributed by atoms with Gasteiger partial charge in [-0.3, -0.25) is 4.98 Å². The highest BCUT2D eigenvalue weighted by Crippen LogP contribution is 2.13. The van der Waals surface area contributed by atoms with Gasteiger partial charge < -0.3 is 5.11 Å². The first-order valence-electron chi connectivity index (χ1n) is 5.21. The molecule has 1 aromatic heterocycles. The molecule has 1 aromatic carbocycles.